The van der Waals surface area contributed by atoms with Crippen molar-refractivity contribution in [3.05, 3.63) is 46.8 Å². The van der Waals surface area contributed by atoms with Crippen LogP contribution in [-0.4, -0.2) is 45.4 Å². The van der Waals surface area contributed by atoms with Gasteiger partial charge in [-0.1, -0.05) is 6.92 Å². The van der Waals surface area contributed by atoms with Gasteiger partial charge in [0.2, 0.25) is 0 Å². The Bertz CT molecular complexity index is 1560. The molecule has 4 unspecified atom stereocenters. The van der Waals surface area contributed by atoms with Crippen molar-refractivity contribution in [2.45, 2.75) is 44.8 Å². The second-order valence-electron chi connectivity index (χ2n) is 10.8. The summed E-state index contributed by atoms with van der Waals surface area (Å²) in [6.07, 6.45) is 5.02. The molecule has 0 aliphatic heterocycles. The summed E-state index contributed by atoms with van der Waals surface area (Å²) in [6.45, 7) is 1.48. The van der Waals surface area contributed by atoms with E-state index in [2.05, 4.69) is 20.3 Å². The molecule has 1 aromatic carbocycles. The molecule has 4 aliphatic carbocycles. The normalized spacial score (nSPS) is 27.6. The van der Waals surface area contributed by atoms with Gasteiger partial charge in [-0.2, -0.15) is 0 Å². The Kier molecular flexibility index (Phi) is 6.35. The number of methoxy groups -OCH3 is 1. The molecule has 4 aliphatic rings. The van der Waals surface area contributed by atoms with Crippen LogP contribution >= 0.6 is 0 Å². The molecular weight excluding hydrogens is 509 g/mol. The molecule has 39 heavy (non-hydrogen) atoms. The van der Waals surface area contributed by atoms with Gasteiger partial charge >= 0.3 is 5.97 Å². The van der Waals surface area contributed by atoms with Gasteiger partial charge in [0, 0.05) is 40.6 Å². The van der Waals surface area contributed by atoms with Gasteiger partial charge in [-0.05, 0) is 61.8 Å². The number of alkyl halides is 1. The number of aliphatic carboxylic acids is 1. The van der Waals surface area contributed by atoms with Gasteiger partial charge in [0.25, 0.3) is 0 Å². The average molecular weight is 539 g/mol. The largest absolute Gasteiger partial charge is 0.494 e. The summed E-state index contributed by atoms with van der Waals surface area (Å²) in [7, 11) is 1.38. The summed E-state index contributed by atoms with van der Waals surface area (Å²) in [5, 5.41) is 13.9. The molecule has 3 N–H and O–H groups in total. The van der Waals surface area contributed by atoms with E-state index < -0.39 is 35.6 Å². The Morgan fingerprint density at radius 2 is 1.87 bits per heavy atom. The molecule has 2 aromatic heterocycles. The van der Waals surface area contributed by atoms with Crippen LogP contribution in [0.2, 0.25) is 0 Å². The number of carboxylic acids is 1. The number of aromatic nitrogens is 3. The van der Waals surface area contributed by atoms with Gasteiger partial charge in [-0.3, -0.25) is 4.79 Å². The molecule has 4 atom stereocenters. The second kappa shape index (κ2) is 9.73. The third-order valence-electron chi connectivity index (χ3n) is 8.60. The fraction of sp³-hybridized carbons (Fsp3) is 0.414. The number of carbonyl (C=O) groups is 1. The van der Waals surface area contributed by atoms with Crippen molar-refractivity contribution in [3.63, 3.8) is 0 Å². The van der Waals surface area contributed by atoms with Crippen molar-refractivity contribution in [2.75, 3.05) is 12.4 Å². The maximum absolute atomic E-state index is 14.9. The molecule has 0 radical (unpaired) electrons. The average Bonchev–Trinajstić information content (AvgIpc) is 3.36. The number of nitrogens with zero attached hydrogens (tertiary/aromatic N) is 2. The van der Waals surface area contributed by atoms with Crippen molar-refractivity contribution in [1.29, 1.82) is 0 Å². The molecule has 3 saturated carbocycles. The summed E-state index contributed by atoms with van der Waals surface area (Å²) < 4.78 is 49.2. The van der Waals surface area contributed by atoms with Crippen LogP contribution in [0.4, 0.5) is 19.0 Å². The molecule has 2 bridgehead atoms. The highest BCUT2D eigenvalue weighted by atomic mass is 19.1. The van der Waals surface area contributed by atoms with E-state index >= 15 is 0 Å². The predicted octanol–water partition coefficient (Wildman–Crippen LogP) is 4.43. The van der Waals surface area contributed by atoms with E-state index in [-0.39, 0.29) is 34.8 Å². The molecule has 7 nitrogen and oxygen atoms in total. The zero-order valence-electron chi connectivity index (χ0n) is 21.5. The van der Waals surface area contributed by atoms with Crippen LogP contribution in [-0.2, 0) is 4.79 Å². The molecule has 3 fully saturated rings. The molecule has 204 valence electrons. The first-order valence-electron chi connectivity index (χ1n) is 13.2. The van der Waals surface area contributed by atoms with Gasteiger partial charge in [-0.15, -0.1) is 0 Å². The van der Waals surface area contributed by atoms with Crippen molar-refractivity contribution < 1.29 is 27.8 Å². The fourth-order valence-corrected chi connectivity index (χ4v) is 6.46. The Morgan fingerprint density at radius 1 is 1.13 bits per heavy atom. The van der Waals surface area contributed by atoms with E-state index in [0.717, 1.165) is 25.7 Å². The number of benzene rings is 1. The summed E-state index contributed by atoms with van der Waals surface area (Å²) in [4.78, 5) is 24.4. The minimum Gasteiger partial charge on any atom is -0.494 e. The maximum Gasteiger partial charge on any atom is 0.308 e. The lowest BCUT2D eigenvalue weighted by Crippen LogP contribution is -2.51. The Morgan fingerprint density at radius 3 is 2.56 bits per heavy atom. The Balaban J connectivity index is 1.49. The molecule has 7 rings (SSSR count). The van der Waals surface area contributed by atoms with Crippen molar-refractivity contribution >= 4 is 23.7 Å². The summed E-state index contributed by atoms with van der Waals surface area (Å²) in [5.74, 6) is -2.54. The number of H-pyrrole nitrogens is 1. The number of ether oxygens (including phenoxy) is 1. The second-order valence-corrected chi connectivity index (χ2v) is 10.8. The molecule has 10 heteroatoms. The van der Waals surface area contributed by atoms with Gasteiger partial charge in [-0.25, -0.2) is 23.1 Å². The number of carboxylic acid groups (broad SMARTS) is 1. The molecule has 3 aromatic rings. The van der Waals surface area contributed by atoms with Gasteiger partial charge < -0.3 is 20.1 Å². The quantitative estimate of drug-likeness (QED) is 0.429. The highest BCUT2D eigenvalue weighted by Gasteiger charge is 2.47. The van der Waals surface area contributed by atoms with Gasteiger partial charge in [0.05, 0.1) is 24.1 Å². The first kappa shape index (κ1) is 25.5. The predicted molar refractivity (Wildman–Crippen MR) is 140 cm³/mol. The fourth-order valence-electron chi connectivity index (χ4n) is 6.46. The number of hydrogen-bond acceptors (Lipinski definition) is 5. The third kappa shape index (κ3) is 4.35. The van der Waals surface area contributed by atoms with E-state index in [1.807, 2.05) is 0 Å². The van der Waals surface area contributed by atoms with E-state index in [4.69, 9.17) is 4.74 Å². The van der Waals surface area contributed by atoms with E-state index in [1.165, 1.54) is 38.4 Å². The lowest BCUT2D eigenvalue weighted by Gasteiger charge is -2.47. The number of fused-ring (bicyclic) bond motifs is 4. The van der Waals surface area contributed by atoms with Gasteiger partial charge in [0.1, 0.15) is 17.8 Å². The van der Waals surface area contributed by atoms with Crippen molar-refractivity contribution in [2.24, 2.45) is 23.7 Å². The summed E-state index contributed by atoms with van der Waals surface area (Å²) in [6, 6.07) is 5.77. The minimum absolute atomic E-state index is 0.0809. The summed E-state index contributed by atoms with van der Waals surface area (Å²) in [5.41, 5.74) is 1.22. The number of aromatic amines is 1. The number of halogens is 3. The summed E-state index contributed by atoms with van der Waals surface area (Å²) >= 11 is 0. The smallest absolute Gasteiger partial charge is 0.308 e. The number of rotatable bonds is 6. The molecule has 0 amide bonds. The molecule has 0 saturated heterocycles. The highest BCUT2D eigenvalue weighted by molar-refractivity contribution is 5.74. The van der Waals surface area contributed by atoms with Crippen LogP contribution in [0.3, 0.4) is 0 Å². The highest BCUT2D eigenvalue weighted by Crippen LogP contribution is 2.46. The van der Waals surface area contributed by atoms with Gasteiger partial charge in [0.15, 0.2) is 17.4 Å². The number of nitrogens with one attached hydrogen (secondary N) is 2. The van der Waals surface area contributed by atoms with E-state index in [1.54, 1.807) is 12.1 Å². The van der Waals surface area contributed by atoms with E-state index in [9.17, 15) is 23.1 Å². The van der Waals surface area contributed by atoms with Crippen LogP contribution in [0, 0.1) is 29.5 Å². The van der Waals surface area contributed by atoms with Crippen LogP contribution in [0.15, 0.2) is 30.5 Å². The maximum atomic E-state index is 14.9. The zero-order valence-corrected chi connectivity index (χ0v) is 21.5. The van der Waals surface area contributed by atoms with Crippen LogP contribution in [0.1, 0.15) is 32.6 Å². The SMILES string of the molecule is COc1ccc(-c2cc(NC3C4CCC(CC4)C3C(=O)O)nc(-c3c[nH]c4c3=CC(F)C(C)C=4F)n2)cc1F. The van der Waals surface area contributed by atoms with Crippen molar-refractivity contribution in [3.8, 4) is 28.4 Å². The molecule has 0 spiro atoms. The topological polar surface area (TPSA) is 100 Å². The monoisotopic (exact) mass is 538 g/mol. The lowest BCUT2D eigenvalue weighted by atomic mass is 9.61. The number of anilines is 1. The zero-order chi connectivity index (χ0) is 27.4. The van der Waals surface area contributed by atoms with Crippen LogP contribution in [0.25, 0.3) is 34.5 Å². The van der Waals surface area contributed by atoms with Crippen molar-refractivity contribution in [1.82, 2.24) is 15.0 Å². The van der Waals surface area contributed by atoms with E-state index in [0.29, 0.717) is 27.9 Å². The Labute approximate surface area is 222 Å². The van der Waals surface area contributed by atoms with Crippen LogP contribution < -0.4 is 20.6 Å². The first-order valence-corrected chi connectivity index (χ1v) is 13.2. The lowest BCUT2D eigenvalue weighted by molar-refractivity contribution is -0.148. The standard InChI is InChI=1S/C29H29F3N4O3/c1-13-19(30)10-17-18(12-33-27(17)25(13)32)28-34-21(16-7-8-22(39-2)20(31)9-16)11-23(36-28)35-26-15-5-3-14(4-6-15)24(26)29(37)38/h7-15,19,24,26,33H,3-6H2,1-2H3,(H,37,38)(H,34,35,36). The van der Waals surface area contributed by atoms with Crippen LogP contribution in [0.5, 0.6) is 5.75 Å². The molecular formula is C29H29F3N4O3. The third-order valence-corrected chi connectivity index (χ3v) is 8.60. The molecule has 2 heterocycles. The number of hydrogen-bond donors (Lipinski definition) is 3. The minimum atomic E-state index is -1.52. The Hall–Kier alpha value is -3.82. The first-order chi connectivity index (χ1) is 18.7.